The largest absolute Gasteiger partial charge is 0.379 e. The van der Waals surface area contributed by atoms with Crippen molar-refractivity contribution >= 4 is 16.8 Å². The van der Waals surface area contributed by atoms with Crippen molar-refractivity contribution in [2.45, 2.75) is 45.1 Å². The minimum Gasteiger partial charge on any atom is -0.379 e. The molecule has 138 valence electrons. The first-order chi connectivity index (χ1) is 12.7. The van der Waals surface area contributed by atoms with Crippen LogP contribution in [0.25, 0.3) is 10.9 Å². The van der Waals surface area contributed by atoms with Crippen LogP contribution in [0.1, 0.15) is 38.2 Å². The summed E-state index contributed by atoms with van der Waals surface area (Å²) in [5.41, 5.74) is 2.32. The molecule has 1 amide bonds. The fraction of sp³-hybridized carbons (Fsp3) is 0.545. The van der Waals surface area contributed by atoms with Gasteiger partial charge < -0.3 is 10.1 Å². The van der Waals surface area contributed by atoms with Gasteiger partial charge in [-0.1, -0.05) is 25.1 Å². The van der Waals surface area contributed by atoms with Gasteiger partial charge in [-0.3, -0.25) is 9.78 Å². The molecule has 26 heavy (non-hydrogen) atoms. The zero-order valence-electron chi connectivity index (χ0n) is 15.5. The van der Waals surface area contributed by atoms with E-state index in [-0.39, 0.29) is 17.9 Å². The van der Waals surface area contributed by atoms with E-state index in [1.54, 1.807) is 0 Å². The van der Waals surface area contributed by atoms with Gasteiger partial charge in [0.1, 0.15) is 0 Å². The highest BCUT2D eigenvalue weighted by atomic mass is 16.5. The van der Waals surface area contributed by atoms with Crippen molar-refractivity contribution in [2.75, 3.05) is 13.2 Å². The smallest absolute Gasteiger partial charge is 0.223 e. The maximum atomic E-state index is 12.7. The molecular weight excluding hydrogens is 324 g/mol. The summed E-state index contributed by atoms with van der Waals surface area (Å²) in [6.07, 6.45) is 7.19. The third-order valence-electron chi connectivity index (χ3n) is 6.13. The van der Waals surface area contributed by atoms with E-state index in [4.69, 9.17) is 4.74 Å². The van der Waals surface area contributed by atoms with E-state index < -0.39 is 0 Å². The number of hydrogen-bond acceptors (Lipinski definition) is 3. The molecule has 1 aromatic carbocycles. The van der Waals surface area contributed by atoms with Crippen molar-refractivity contribution in [3.63, 3.8) is 0 Å². The average Bonchev–Trinajstić information content (AvgIpc) is 3.09. The first-order valence-corrected chi connectivity index (χ1v) is 9.91. The van der Waals surface area contributed by atoms with Crippen LogP contribution in [0.5, 0.6) is 0 Å². The number of rotatable bonds is 4. The highest BCUT2D eigenvalue weighted by Crippen LogP contribution is 2.29. The highest BCUT2D eigenvalue weighted by Gasteiger charge is 2.32. The molecule has 2 fully saturated rings. The summed E-state index contributed by atoms with van der Waals surface area (Å²) in [6.45, 7) is 3.62. The summed E-state index contributed by atoms with van der Waals surface area (Å²) in [5, 5.41) is 4.50. The van der Waals surface area contributed by atoms with Crippen LogP contribution in [-0.2, 0) is 16.0 Å². The van der Waals surface area contributed by atoms with E-state index in [1.165, 1.54) is 23.8 Å². The summed E-state index contributed by atoms with van der Waals surface area (Å²) < 4.78 is 5.73. The third-order valence-corrected chi connectivity index (χ3v) is 6.13. The number of fused-ring (bicyclic) bond motifs is 1. The van der Waals surface area contributed by atoms with Crippen molar-refractivity contribution in [2.24, 2.45) is 17.8 Å². The molecular formula is C22H28N2O2. The number of benzene rings is 1. The van der Waals surface area contributed by atoms with Gasteiger partial charge in [-0.25, -0.2) is 0 Å². The number of carbonyl (C=O) groups is 1. The normalized spacial score (nSPS) is 29.0. The maximum absolute atomic E-state index is 12.7. The van der Waals surface area contributed by atoms with Gasteiger partial charge in [0.05, 0.1) is 24.8 Å². The van der Waals surface area contributed by atoms with Gasteiger partial charge in [-0.2, -0.15) is 0 Å². The second-order valence-corrected chi connectivity index (χ2v) is 8.06. The third kappa shape index (κ3) is 3.75. The van der Waals surface area contributed by atoms with Crippen LogP contribution in [0.3, 0.4) is 0 Å². The molecule has 1 aromatic heterocycles. The van der Waals surface area contributed by atoms with Crippen LogP contribution in [0.2, 0.25) is 0 Å². The molecule has 1 saturated carbocycles. The quantitative estimate of drug-likeness (QED) is 0.912. The molecule has 4 heteroatoms. The molecule has 0 spiro atoms. The number of aromatic nitrogens is 1. The lowest BCUT2D eigenvalue weighted by Crippen LogP contribution is -2.44. The number of hydrogen-bond donors (Lipinski definition) is 1. The summed E-state index contributed by atoms with van der Waals surface area (Å²) in [5.74, 6) is 1.51. The van der Waals surface area contributed by atoms with Crippen molar-refractivity contribution < 1.29 is 9.53 Å². The minimum atomic E-state index is 0.119. The lowest BCUT2D eigenvalue weighted by Gasteiger charge is -2.27. The zero-order valence-corrected chi connectivity index (χ0v) is 15.5. The molecule has 2 atom stereocenters. The average molecular weight is 352 g/mol. The molecule has 1 saturated heterocycles. The van der Waals surface area contributed by atoms with E-state index in [1.807, 2.05) is 18.3 Å². The summed E-state index contributed by atoms with van der Waals surface area (Å²) in [7, 11) is 0. The number of nitrogens with one attached hydrogen (secondary N) is 1. The molecule has 1 aliphatic heterocycles. The monoisotopic (exact) mass is 352 g/mol. The number of para-hydroxylation sites is 1. The Balaban J connectivity index is 1.42. The van der Waals surface area contributed by atoms with E-state index in [0.717, 1.165) is 30.7 Å². The number of pyridine rings is 1. The van der Waals surface area contributed by atoms with Gasteiger partial charge in [-0.05, 0) is 55.7 Å². The van der Waals surface area contributed by atoms with Crippen LogP contribution in [-0.4, -0.2) is 30.1 Å². The van der Waals surface area contributed by atoms with Gasteiger partial charge in [0, 0.05) is 23.4 Å². The van der Waals surface area contributed by atoms with Gasteiger partial charge in [-0.15, -0.1) is 0 Å². The minimum absolute atomic E-state index is 0.119. The Kier molecular flexibility index (Phi) is 5.21. The van der Waals surface area contributed by atoms with E-state index in [9.17, 15) is 4.79 Å². The van der Waals surface area contributed by atoms with Crippen molar-refractivity contribution in [1.82, 2.24) is 10.3 Å². The molecule has 0 bridgehead atoms. The molecule has 1 N–H and O–H groups in total. The Morgan fingerprint density at radius 2 is 1.96 bits per heavy atom. The molecule has 2 aliphatic rings. The van der Waals surface area contributed by atoms with Crippen molar-refractivity contribution in [3.8, 4) is 0 Å². The van der Waals surface area contributed by atoms with E-state index >= 15 is 0 Å². The highest BCUT2D eigenvalue weighted by molar-refractivity contribution is 5.82. The second kappa shape index (κ2) is 7.75. The van der Waals surface area contributed by atoms with Gasteiger partial charge in [0.25, 0.3) is 0 Å². The maximum Gasteiger partial charge on any atom is 0.223 e. The first-order valence-electron chi connectivity index (χ1n) is 9.91. The molecule has 1 aliphatic carbocycles. The number of nitrogens with zero attached hydrogens (tertiary/aromatic N) is 1. The van der Waals surface area contributed by atoms with Crippen LogP contribution < -0.4 is 5.32 Å². The Hall–Kier alpha value is -1.94. The van der Waals surface area contributed by atoms with Crippen molar-refractivity contribution in [1.29, 1.82) is 0 Å². The van der Waals surface area contributed by atoms with Crippen LogP contribution >= 0.6 is 0 Å². The molecule has 4 nitrogen and oxygen atoms in total. The molecule has 2 aromatic rings. The second-order valence-electron chi connectivity index (χ2n) is 8.06. The summed E-state index contributed by atoms with van der Waals surface area (Å²) >= 11 is 0. The molecule has 2 unspecified atom stereocenters. The van der Waals surface area contributed by atoms with Crippen LogP contribution in [0.15, 0.2) is 36.5 Å². The summed E-state index contributed by atoms with van der Waals surface area (Å²) in [6, 6.07) is 10.5. The van der Waals surface area contributed by atoms with Gasteiger partial charge in [0.2, 0.25) is 5.91 Å². The lowest BCUT2D eigenvalue weighted by atomic mass is 9.82. The predicted molar refractivity (Wildman–Crippen MR) is 103 cm³/mol. The fourth-order valence-corrected chi connectivity index (χ4v) is 4.40. The van der Waals surface area contributed by atoms with E-state index in [0.29, 0.717) is 19.1 Å². The van der Waals surface area contributed by atoms with Gasteiger partial charge in [0.15, 0.2) is 0 Å². The Morgan fingerprint density at radius 3 is 2.81 bits per heavy atom. The number of carbonyl (C=O) groups excluding carboxylic acids is 1. The summed E-state index contributed by atoms with van der Waals surface area (Å²) in [4.78, 5) is 17.1. The lowest BCUT2D eigenvalue weighted by molar-refractivity contribution is -0.127. The van der Waals surface area contributed by atoms with Crippen LogP contribution in [0.4, 0.5) is 0 Å². The SMILES string of the molecule is CC1CCC(C(=O)NC2COCC2Cc2ccnc3ccccc23)CC1. The molecule has 2 heterocycles. The van der Waals surface area contributed by atoms with E-state index in [2.05, 4.69) is 35.4 Å². The predicted octanol–water partition coefficient (Wildman–Crippen LogP) is 3.73. The standard InChI is InChI=1S/C22H28N2O2/c1-15-6-8-16(9-7-15)22(25)24-21-14-26-13-18(21)12-17-10-11-23-20-5-3-2-4-19(17)20/h2-5,10-11,15-16,18,21H,6-9,12-14H2,1H3,(H,24,25). The Labute approximate surface area is 155 Å². The topological polar surface area (TPSA) is 51.2 Å². The number of ether oxygens (including phenoxy) is 1. The molecule has 0 radical (unpaired) electrons. The Morgan fingerprint density at radius 1 is 1.15 bits per heavy atom. The van der Waals surface area contributed by atoms with Crippen molar-refractivity contribution in [3.05, 3.63) is 42.1 Å². The van der Waals surface area contributed by atoms with Crippen LogP contribution in [0, 0.1) is 17.8 Å². The number of amides is 1. The fourth-order valence-electron chi connectivity index (χ4n) is 4.40. The zero-order chi connectivity index (χ0) is 17.9. The van der Waals surface area contributed by atoms with Gasteiger partial charge >= 0.3 is 0 Å². The Bertz CT molecular complexity index is 762. The first kappa shape index (κ1) is 17.5. The molecule has 4 rings (SSSR count).